The van der Waals surface area contributed by atoms with Gasteiger partial charge in [-0.1, -0.05) is 0 Å². The van der Waals surface area contributed by atoms with Gasteiger partial charge in [0.25, 0.3) is 0 Å². The highest BCUT2D eigenvalue weighted by molar-refractivity contribution is 9.11. The van der Waals surface area contributed by atoms with Gasteiger partial charge in [0.05, 0.1) is 3.79 Å². The Bertz CT molecular complexity index is 501. The van der Waals surface area contributed by atoms with Crippen LogP contribution in [0.5, 0.6) is 0 Å². The van der Waals surface area contributed by atoms with Gasteiger partial charge in [-0.25, -0.2) is 0 Å². The Labute approximate surface area is 105 Å². The summed E-state index contributed by atoms with van der Waals surface area (Å²) in [5, 5.41) is 1.80. The third-order valence-electron chi connectivity index (χ3n) is 2.00. The van der Waals surface area contributed by atoms with Crippen molar-refractivity contribution in [3.63, 3.8) is 0 Å². The van der Waals surface area contributed by atoms with Crippen molar-refractivity contribution in [1.29, 1.82) is 0 Å². The zero-order valence-corrected chi connectivity index (χ0v) is 10.9. The van der Waals surface area contributed by atoms with E-state index in [0.29, 0.717) is 23.7 Å². The maximum absolute atomic E-state index is 11.9. The minimum atomic E-state index is -0.107. The molecule has 2 aromatic rings. The van der Waals surface area contributed by atoms with Crippen molar-refractivity contribution >= 4 is 33.0 Å². The van der Waals surface area contributed by atoms with Crippen LogP contribution in [0, 0.1) is 0 Å². The first-order valence-electron chi connectivity index (χ1n) is 4.57. The Morgan fingerprint density at radius 3 is 3.00 bits per heavy atom. The molecule has 0 spiro atoms. The Morgan fingerprint density at radius 1 is 1.56 bits per heavy atom. The van der Waals surface area contributed by atoms with Crippen molar-refractivity contribution < 1.29 is 13.9 Å². The van der Waals surface area contributed by atoms with E-state index in [9.17, 15) is 4.79 Å². The molecule has 16 heavy (non-hydrogen) atoms. The smallest absolute Gasteiger partial charge is 0.229 e. The lowest BCUT2D eigenvalue weighted by Crippen LogP contribution is -1.96. The highest BCUT2D eigenvalue weighted by Crippen LogP contribution is 2.23. The summed E-state index contributed by atoms with van der Waals surface area (Å²) in [6, 6.07) is 5.20. The summed E-state index contributed by atoms with van der Waals surface area (Å²) in [5.41, 5.74) is 0.634. The quantitative estimate of drug-likeness (QED) is 0.812. The van der Waals surface area contributed by atoms with Crippen LogP contribution in [0.15, 0.2) is 31.8 Å². The third kappa shape index (κ3) is 2.42. The highest BCUT2D eigenvalue weighted by Gasteiger charge is 2.14. The molecule has 3 nitrogen and oxygen atoms in total. The fourth-order valence-electron chi connectivity index (χ4n) is 1.29. The van der Waals surface area contributed by atoms with Gasteiger partial charge in [0.1, 0.15) is 12.4 Å². The van der Waals surface area contributed by atoms with E-state index in [-0.39, 0.29) is 5.78 Å². The van der Waals surface area contributed by atoms with Crippen molar-refractivity contribution in [2.45, 2.75) is 6.61 Å². The molecule has 0 aromatic carbocycles. The molecule has 0 saturated heterocycles. The highest BCUT2D eigenvalue weighted by atomic mass is 79.9. The molecule has 5 heteroatoms. The summed E-state index contributed by atoms with van der Waals surface area (Å²) < 4.78 is 11.2. The van der Waals surface area contributed by atoms with Gasteiger partial charge in [-0.05, 0) is 34.1 Å². The average Bonchev–Trinajstić information content (AvgIpc) is 2.87. The Hall–Kier alpha value is -0.910. The number of methoxy groups -OCH3 is 1. The molecule has 0 aliphatic rings. The number of ether oxygens (including phenoxy) is 1. The maximum atomic E-state index is 11.9. The summed E-state index contributed by atoms with van der Waals surface area (Å²) in [5.74, 6) is 0.891. The average molecular weight is 301 g/mol. The van der Waals surface area contributed by atoms with Gasteiger partial charge in [0.15, 0.2) is 5.76 Å². The number of halogens is 1. The molecular weight excluding hydrogens is 292 g/mol. The molecule has 0 radical (unpaired) electrons. The van der Waals surface area contributed by atoms with Crippen LogP contribution in [0.4, 0.5) is 0 Å². The minimum Gasteiger partial charge on any atom is -0.455 e. The molecule has 0 saturated carbocycles. The molecule has 2 aromatic heterocycles. The second-order valence-electron chi connectivity index (χ2n) is 3.17. The second-order valence-corrected chi connectivity index (χ2v) is 5.46. The lowest BCUT2D eigenvalue weighted by molar-refractivity contribution is 0.100. The monoisotopic (exact) mass is 300 g/mol. The van der Waals surface area contributed by atoms with Gasteiger partial charge in [-0.15, -0.1) is 11.3 Å². The van der Waals surface area contributed by atoms with E-state index in [1.165, 1.54) is 11.3 Å². The molecule has 2 heterocycles. The van der Waals surface area contributed by atoms with Crippen LogP contribution in [0.3, 0.4) is 0 Å². The number of carbonyl (C=O) groups excluding carboxylic acids is 1. The van der Waals surface area contributed by atoms with Gasteiger partial charge >= 0.3 is 0 Å². The predicted molar refractivity (Wildman–Crippen MR) is 64.9 cm³/mol. The topological polar surface area (TPSA) is 39.4 Å². The SMILES string of the molecule is COCc1ccc(C(=O)c2csc(Br)c2)o1. The summed E-state index contributed by atoms with van der Waals surface area (Å²) in [4.78, 5) is 11.9. The summed E-state index contributed by atoms with van der Waals surface area (Å²) in [6.45, 7) is 0.376. The number of hydrogen-bond acceptors (Lipinski definition) is 4. The molecule has 0 aliphatic heterocycles. The van der Waals surface area contributed by atoms with E-state index < -0.39 is 0 Å². The van der Waals surface area contributed by atoms with Gasteiger partial charge in [-0.2, -0.15) is 0 Å². The zero-order valence-electron chi connectivity index (χ0n) is 8.53. The molecule has 84 valence electrons. The molecule has 0 N–H and O–H groups in total. The standard InChI is InChI=1S/C11H9BrO3S/c1-14-5-8-2-3-9(15-8)11(13)7-4-10(12)16-6-7/h2-4,6H,5H2,1H3. The van der Waals surface area contributed by atoms with E-state index in [1.54, 1.807) is 30.7 Å². The van der Waals surface area contributed by atoms with Crippen molar-refractivity contribution in [2.24, 2.45) is 0 Å². The lowest BCUT2D eigenvalue weighted by atomic mass is 10.2. The van der Waals surface area contributed by atoms with Crippen LogP contribution in [-0.4, -0.2) is 12.9 Å². The van der Waals surface area contributed by atoms with E-state index >= 15 is 0 Å². The number of hydrogen-bond donors (Lipinski definition) is 0. The number of rotatable bonds is 4. The lowest BCUT2D eigenvalue weighted by Gasteiger charge is -1.94. The van der Waals surface area contributed by atoms with E-state index in [2.05, 4.69) is 15.9 Å². The fourth-order valence-corrected chi connectivity index (χ4v) is 2.43. The van der Waals surface area contributed by atoms with E-state index in [1.807, 2.05) is 0 Å². The molecule has 0 amide bonds. The summed E-state index contributed by atoms with van der Waals surface area (Å²) in [6.07, 6.45) is 0. The second kappa shape index (κ2) is 4.95. The third-order valence-corrected chi connectivity index (χ3v) is 3.51. The number of ketones is 1. The summed E-state index contributed by atoms with van der Waals surface area (Å²) in [7, 11) is 1.58. The zero-order chi connectivity index (χ0) is 11.5. The minimum absolute atomic E-state index is 0.107. The Balaban J connectivity index is 2.20. The summed E-state index contributed by atoms with van der Waals surface area (Å²) >= 11 is 4.79. The molecule has 0 fully saturated rings. The van der Waals surface area contributed by atoms with E-state index in [0.717, 1.165) is 3.79 Å². The normalized spacial score (nSPS) is 10.6. The molecule has 0 bridgehead atoms. The van der Waals surface area contributed by atoms with Crippen molar-refractivity contribution in [1.82, 2.24) is 0 Å². The maximum Gasteiger partial charge on any atom is 0.229 e. The first kappa shape index (κ1) is 11.6. The predicted octanol–water partition coefficient (Wildman–Crippen LogP) is 3.48. The molecular formula is C11H9BrO3S. The first-order valence-corrected chi connectivity index (χ1v) is 6.24. The van der Waals surface area contributed by atoms with Crippen LogP contribution >= 0.6 is 27.3 Å². The molecule has 2 rings (SSSR count). The van der Waals surface area contributed by atoms with Crippen LogP contribution in [0.25, 0.3) is 0 Å². The fraction of sp³-hybridized carbons (Fsp3) is 0.182. The largest absolute Gasteiger partial charge is 0.455 e. The Kier molecular flexibility index (Phi) is 3.58. The van der Waals surface area contributed by atoms with Crippen LogP contribution in [0.1, 0.15) is 21.9 Å². The van der Waals surface area contributed by atoms with Crippen molar-refractivity contribution in [2.75, 3.05) is 7.11 Å². The van der Waals surface area contributed by atoms with Gasteiger partial charge in [-0.3, -0.25) is 4.79 Å². The first-order chi connectivity index (χ1) is 7.70. The molecule has 0 unspecified atom stereocenters. The van der Waals surface area contributed by atoms with Gasteiger partial charge in [0, 0.05) is 18.1 Å². The number of carbonyl (C=O) groups is 1. The van der Waals surface area contributed by atoms with Crippen LogP contribution < -0.4 is 0 Å². The van der Waals surface area contributed by atoms with Crippen molar-refractivity contribution in [3.05, 3.63) is 44.4 Å². The van der Waals surface area contributed by atoms with Crippen LogP contribution in [0.2, 0.25) is 0 Å². The Morgan fingerprint density at radius 2 is 2.38 bits per heavy atom. The molecule has 0 aliphatic carbocycles. The number of furan rings is 1. The van der Waals surface area contributed by atoms with Crippen LogP contribution in [-0.2, 0) is 11.3 Å². The van der Waals surface area contributed by atoms with Crippen molar-refractivity contribution in [3.8, 4) is 0 Å². The molecule has 0 atom stereocenters. The van der Waals surface area contributed by atoms with Gasteiger partial charge in [0.2, 0.25) is 5.78 Å². The van der Waals surface area contributed by atoms with Gasteiger partial charge < -0.3 is 9.15 Å². The number of thiophene rings is 1. The van der Waals surface area contributed by atoms with E-state index in [4.69, 9.17) is 9.15 Å².